The van der Waals surface area contributed by atoms with E-state index in [1.165, 1.54) is 68.0 Å². The number of hydrogen-bond acceptors (Lipinski definition) is 5. The van der Waals surface area contributed by atoms with Gasteiger partial charge in [-0.2, -0.15) is 0 Å². The first-order valence-corrected chi connectivity index (χ1v) is 14.4. The quantitative estimate of drug-likeness (QED) is 0.426. The zero-order valence-electron chi connectivity index (χ0n) is 24.7. The Morgan fingerprint density at radius 1 is 1.03 bits per heavy atom. The highest BCUT2D eigenvalue weighted by Gasteiger charge is 2.40. The van der Waals surface area contributed by atoms with Crippen molar-refractivity contribution in [3.63, 3.8) is 0 Å². The highest BCUT2D eigenvalue weighted by atomic mass is 35.5. The number of carboxylic acid groups (broad SMARTS) is 1. The van der Waals surface area contributed by atoms with Gasteiger partial charge in [-0.05, 0) is 72.7 Å². The summed E-state index contributed by atoms with van der Waals surface area (Å²) in [6.07, 6.45) is 5.70. The van der Waals surface area contributed by atoms with Crippen LogP contribution in [0.2, 0.25) is 0 Å². The van der Waals surface area contributed by atoms with Crippen LogP contribution in [0.4, 0.5) is 16.2 Å². The number of anilines is 2. The summed E-state index contributed by atoms with van der Waals surface area (Å²) in [5.41, 5.74) is 5.15. The second-order valence-electron chi connectivity index (χ2n) is 12.7. The molecular weight excluding hydrogens is 500 g/mol. The molecule has 0 unspecified atom stereocenters. The topological polar surface area (TPSA) is 68.3 Å². The molecule has 0 radical (unpaired) electrons. The molecule has 38 heavy (non-hydrogen) atoms. The predicted molar refractivity (Wildman–Crippen MR) is 161 cm³/mol. The van der Waals surface area contributed by atoms with E-state index in [4.69, 9.17) is 9.84 Å². The van der Waals surface area contributed by atoms with Crippen molar-refractivity contribution in [2.24, 2.45) is 10.8 Å². The van der Waals surface area contributed by atoms with Crippen LogP contribution in [0.1, 0.15) is 78.2 Å². The van der Waals surface area contributed by atoms with Crippen molar-refractivity contribution in [3.05, 3.63) is 23.8 Å². The van der Waals surface area contributed by atoms with Gasteiger partial charge in [-0.3, -0.25) is 4.90 Å². The average molecular weight is 553 g/mol. The lowest BCUT2D eigenvalue weighted by atomic mass is 9.60. The van der Waals surface area contributed by atoms with Crippen molar-refractivity contribution >= 4 is 29.9 Å². The summed E-state index contributed by atoms with van der Waals surface area (Å²) in [4.78, 5) is 16.9. The van der Waals surface area contributed by atoms with Gasteiger partial charge in [-0.1, -0.05) is 41.0 Å². The van der Waals surface area contributed by atoms with Crippen LogP contribution in [-0.2, 0) is 4.74 Å². The number of halogens is 1. The minimum absolute atomic E-state index is 0. The Kier molecular flexibility index (Phi) is 12.5. The Morgan fingerprint density at radius 2 is 1.63 bits per heavy atom. The number of benzene rings is 1. The summed E-state index contributed by atoms with van der Waals surface area (Å²) < 4.78 is 4.94. The summed E-state index contributed by atoms with van der Waals surface area (Å²) in [6, 6.07) is 7.10. The summed E-state index contributed by atoms with van der Waals surface area (Å²) in [5.74, 6) is 0.653. The number of amides is 1. The van der Waals surface area contributed by atoms with E-state index in [1.54, 1.807) is 5.56 Å². The van der Waals surface area contributed by atoms with Crippen molar-refractivity contribution in [2.45, 2.75) is 72.6 Å². The maximum atomic E-state index is 10.2. The van der Waals surface area contributed by atoms with Crippen LogP contribution in [0.3, 0.4) is 0 Å². The third-order valence-electron chi connectivity index (χ3n) is 8.13. The van der Waals surface area contributed by atoms with Crippen LogP contribution in [0.5, 0.6) is 0 Å². The van der Waals surface area contributed by atoms with Gasteiger partial charge in [0.05, 0.1) is 13.2 Å². The van der Waals surface area contributed by atoms with Gasteiger partial charge >= 0.3 is 6.09 Å². The van der Waals surface area contributed by atoms with Crippen molar-refractivity contribution < 1.29 is 14.6 Å². The Bertz CT molecular complexity index is 849. The van der Waals surface area contributed by atoms with E-state index in [0.717, 1.165) is 13.1 Å². The summed E-state index contributed by atoms with van der Waals surface area (Å²) >= 11 is 0. The predicted octanol–water partition coefficient (Wildman–Crippen LogP) is 6.39. The van der Waals surface area contributed by atoms with E-state index in [9.17, 15) is 4.79 Å². The third kappa shape index (κ3) is 9.49. The van der Waals surface area contributed by atoms with Gasteiger partial charge in [0.15, 0.2) is 0 Å². The molecule has 2 heterocycles. The SMILES string of the molecule is CCCCN1CCN(c2ccc(NC)cc2C2CC(C)(C)CC(C)(C)C2)CC1.Cl.O=C(O)N1CCOCC1. The second kappa shape index (κ2) is 14.6. The molecule has 0 atom stereocenters. The van der Waals surface area contributed by atoms with Crippen molar-refractivity contribution in [1.82, 2.24) is 9.80 Å². The van der Waals surface area contributed by atoms with Crippen LogP contribution in [0, 0.1) is 10.8 Å². The van der Waals surface area contributed by atoms with E-state index < -0.39 is 6.09 Å². The van der Waals surface area contributed by atoms with Crippen molar-refractivity contribution in [2.75, 3.05) is 76.3 Å². The summed E-state index contributed by atoms with van der Waals surface area (Å²) in [5, 5.41) is 11.8. The molecule has 2 saturated heterocycles. The Morgan fingerprint density at radius 3 is 2.13 bits per heavy atom. The molecule has 218 valence electrons. The first-order valence-electron chi connectivity index (χ1n) is 14.4. The zero-order chi connectivity index (χ0) is 27.1. The maximum absolute atomic E-state index is 10.2. The lowest BCUT2D eigenvalue weighted by molar-refractivity contribution is 0.0392. The minimum atomic E-state index is -0.849. The molecule has 4 rings (SSSR count). The lowest BCUT2D eigenvalue weighted by Gasteiger charge is -2.46. The van der Waals surface area contributed by atoms with E-state index in [1.807, 2.05) is 7.05 Å². The molecule has 2 aliphatic heterocycles. The number of rotatable bonds is 6. The monoisotopic (exact) mass is 552 g/mol. The number of unbranched alkanes of at least 4 members (excludes halogenated alkanes) is 1. The summed E-state index contributed by atoms with van der Waals surface area (Å²) in [7, 11) is 2.04. The molecule has 1 amide bonds. The fourth-order valence-corrected chi connectivity index (χ4v) is 6.74. The highest BCUT2D eigenvalue weighted by Crippen LogP contribution is 2.53. The third-order valence-corrected chi connectivity index (χ3v) is 8.13. The first-order chi connectivity index (χ1) is 17.5. The van der Waals surface area contributed by atoms with Crippen LogP contribution in [0.15, 0.2) is 18.2 Å². The molecule has 7 nitrogen and oxygen atoms in total. The molecule has 1 aromatic carbocycles. The lowest BCUT2D eigenvalue weighted by Crippen LogP contribution is -2.47. The molecule has 8 heteroatoms. The van der Waals surface area contributed by atoms with Crippen LogP contribution >= 0.6 is 12.4 Å². The van der Waals surface area contributed by atoms with Crippen molar-refractivity contribution in [3.8, 4) is 0 Å². The van der Waals surface area contributed by atoms with E-state index >= 15 is 0 Å². The van der Waals surface area contributed by atoms with Gasteiger partial charge in [0.2, 0.25) is 0 Å². The number of piperazine rings is 1. The Hall–Kier alpha value is -1.70. The number of nitrogens with one attached hydrogen (secondary N) is 1. The minimum Gasteiger partial charge on any atom is -0.465 e. The van der Waals surface area contributed by atoms with E-state index in [2.05, 4.69) is 67.9 Å². The first kappa shape index (κ1) is 32.5. The Balaban J connectivity index is 0.000000430. The number of hydrogen-bond donors (Lipinski definition) is 2. The molecule has 1 aliphatic carbocycles. The molecule has 0 bridgehead atoms. The number of nitrogens with zero attached hydrogens (tertiary/aromatic N) is 3. The van der Waals surface area contributed by atoms with Gasteiger partial charge in [-0.15, -0.1) is 12.4 Å². The maximum Gasteiger partial charge on any atom is 0.407 e. The average Bonchev–Trinajstić information content (AvgIpc) is 2.86. The normalized spacial score (nSPS) is 21.6. The molecule has 1 aromatic rings. The molecule has 3 fully saturated rings. The van der Waals surface area contributed by atoms with Gasteiger partial charge in [0, 0.05) is 57.7 Å². The molecule has 1 saturated carbocycles. The van der Waals surface area contributed by atoms with Gasteiger partial charge < -0.3 is 25.0 Å². The molecule has 0 aromatic heterocycles. The Labute approximate surface area is 237 Å². The van der Waals surface area contributed by atoms with Gasteiger partial charge in [0.1, 0.15) is 0 Å². The molecular formula is C30H53ClN4O3. The molecule has 2 N–H and O–H groups in total. The fraction of sp³-hybridized carbons (Fsp3) is 0.767. The van der Waals surface area contributed by atoms with Gasteiger partial charge in [0.25, 0.3) is 0 Å². The fourth-order valence-electron chi connectivity index (χ4n) is 6.74. The second-order valence-corrected chi connectivity index (χ2v) is 12.7. The summed E-state index contributed by atoms with van der Waals surface area (Å²) in [6.45, 7) is 20.2. The molecule has 0 spiro atoms. The van der Waals surface area contributed by atoms with Gasteiger partial charge in [-0.25, -0.2) is 4.79 Å². The van der Waals surface area contributed by atoms with E-state index in [-0.39, 0.29) is 12.4 Å². The zero-order valence-corrected chi connectivity index (χ0v) is 25.5. The van der Waals surface area contributed by atoms with Crippen molar-refractivity contribution in [1.29, 1.82) is 0 Å². The van der Waals surface area contributed by atoms with Crippen LogP contribution in [0.25, 0.3) is 0 Å². The molecule has 3 aliphatic rings. The number of morpholine rings is 1. The van der Waals surface area contributed by atoms with E-state index in [0.29, 0.717) is 43.1 Å². The smallest absolute Gasteiger partial charge is 0.407 e. The number of carbonyl (C=O) groups is 1. The number of ether oxygens (including phenoxy) is 1. The van der Waals surface area contributed by atoms with Crippen LogP contribution in [-0.4, -0.2) is 87.1 Å². The largest absolute Gasteiger partial charge is 0.465 e. The van der Waals surface area contributed by atoms with Crippen LogP contribution < -0.4 is 10.2 Å². The highest BCUT2D eigenvalue weighted by molar-refractivity contribution is 5.85. The standard InChI is InChI=1S/C25H43N3.C5H9NO3.ClH/c1-7-8-11-27-12-14-28(15-13-27)23-10-9-21(26-6)16-22(23)20-17-24(2,3)19-25(4,5)18-20;7-5(8)6-1-3-9-4-2-6;/h9-10,16,20,26H,7-8,11-15,17-19H2,1-6H3;1-4H2,(H,7,8);1H.